The third kappa shape index (κ3) is 1.58. The zero-order chi connectivity index (χ0) is 14.5. The molecule has 0 heteroatoms. The first kappa shape index (κ1) is 11.8. The quantitative estimate of drug-likeness (QED) is 0.669. The molecule has 0 atom stereocenters. The minimum atomic E-state index is 1.30. The van der Waals surface area contributed by atoms with Crippen LogP contribution in [0.1, 0.15) is 11.1 Å². The highest BCUT2D eigenvalue weighted by molar-refractivity contribution is 5.95. The van der Waals surface area contributed by atoms with Gasteiger partial charge in [0, 0.05) is 0 Å². The van der Waals surface area contributed by atoms with Gasteiger partial charge in [0.2, 0.25) is 0 Å². The van der Waals surface area contributed by atoms with Gasteiger partial charge in [0.1, 0.15) is 0 Å². The van der Waals surface area contributed by atoms with Gasteiger partial charge in [0.25, 0.3) is 0 Å². The Morgan fingerprint density at radius 2 is 0.818 bits per heavy atom. The van der Waals surface area contributed by atoms with Crippen LogP contribution in [0.3, 0.4) is 0 Å². The number of hydrogen-bond donors (Lipinski definition) is 0. The van der Waals surface area contributed by atoms with Crippen molar-refractivity contribution in [2.24, 2.45) is 0 Å². The summed E-state index contributed by atoms with van der Waals surface area (Å²) in [5.74, 6) is 0. The van der Waals surface area contributed by atoms with E-state index in [4.69, 9.17) is 0 Å². The van der Waals surface area contributed by atoms with Crippen LogP contribution in [0.15, 0.2) is 72.8 Å². The van der Waals surface area contributed by atoms with Crippen LogP contribution in [0.5, 0.6) is 0 Å². The lowest BCUT2D eigenvalue weighted by Crippen LogP contribution is -2.34. The van der Waals surface area contributed by atoms with Crippen LogP contribution >= 0.6 is 0 Å². The Bertz CT molecular complexity index is 1050. The van der Waals surface area contributed by atoms with Gasteiger partial charge < -0.3 is 0 Å². The molecule has 0 radical (unpaired) electrons. The molecule has 22 heavy (non-hydrogen) atoms. The van der Waals surface area contributed by atoms with Crippen LogP contribution in [0.25, 0.3) is 23.3 Å². The lowest BCUT2D eigenvalue weighted by atomic mass is 9.90. The molecule has 5 rings (SSSR count). The molecular weight excluding hydrogens is 264 g/mol. The van der Waals surface area contributed by atoms with Crippen molar-refractivity contribution >= 4 is 23.3 Å². The molecule has 2 aliphatic carbocycles. The van der Waals surface area contributed by atoms with Crippen LogP contribution in [0.2, 0.25) is 0 Å². The van der Waals surface area contributed by atoms with E-state index in [1.807, 2.05) is 0 Å². The van der Waals surface area contributed by atoms with Crippen molar-refractivity contribution in [1.82, 2.24) is 0 Å². The fourth-order valence-electron chi connectivity index (χ4n) is 3.35. The Morgan fingerprint density at radius 1 is 0.409 bits per heavy atom. The normalized spacial score (nSPS) is 14.0. The van der Waals surface area contributed by atoms with E-state index in [1.165, 1.54) is 43.1 Å². The van der Waals surface area contributed by atoms with Gasteiger partial charge in [-0.1, -0.05) is 72.8 Å². The van der Waals surface area contributed by atoms with Gasteiger partial charge >= 0.3 is 0 Å². The summed E-state index contributed by atoms with van der Waals surface area (Å²) in [5.41, 5.74) is 5.31. The molecule has 3 aromatic carbocycles. The molecule has 102 valence electrons. The van der Waals surface area contributed by atoms with Crippen molar-refractivity contribution in [1.29, 1.82) is 0 Å². The number of benzene rings is 3. The lowest BCUT2D eigenvalue weighted by Gasteiger charge is -2.14. The molecule has 2 aliphatic rings. The van der Waals surface area contributed by atoms with Gasteiger partial charge in [0.05, 0.1) is 0 Å². The van der Waals surface area contributed by atoms with E-state index in [1.54, 1.807) is 0 Å². The van der Waals surface area contributed by atoms with Crippen molar-refractivity contribution in [2.45, 2.75) is 0 Å². The first-order chi connectivity index (χ1) is 10.9. The van der Waals surface area contributed by atoms with Crippen molar-refractivity contribution < 1.29 is 0 Å². The summed E-state index contributed by atoms with van der Waals surface area (Å²) >= 11 is 0. The lowest BCUT2D eigenvalue weighted by molar-refractivity contribution is 1.42. The predicted octanol–water partition coefficient (Wildman–Crippen LogP) is 1.67. The molecule has 0 heterocycles. The summed E-state index contributed by atoms with van der Waals surface area (Å²) < 4.78 is 0. The molecule has 0 spiro atoms. The third-order valence-electron chi connectivity index (χ3n) is 4.61. The van der Waals surface area contributed by atoms with E-state index >= 15 is 0 Å². The SMILES string of the molecule is C1=c2ccccc2=C1c1ccc(C2=c3ccccc3=C2)cc1. The Hall–Kier alpha value is -2.86. The van der Waals surface area contributed by atoms with Gasteiger partial charge in [-0.05, 0) is 55.3 Å². The van der Waals surface area contributed by atoms with E-state index in [0.717, 1.165) is 0 Å². The number of fused-ring (bicyclic) bond motifs is 2. The van der Waals surface area contributed by atoms with Gasteiger partial charge in [-0.15, -0.1) is 0 Å². The molecule has 0 nitrogen and oxygen atoms in total. The standard InChI is InChI=1S/C22H14/c1-3-7-19-17(5-1)13-21(19)15-9-11-16(12-10-15)22-14-18-6-2-4-8-20(18)22/h1-14H. The average Bonchev–Trinajstić information content (AvgIpc) is 2.51. The van der Waals surface area contributed by atoms with Crippen LogP contribution in [0.4, 0.5) is 0 Å². The van der Waals surface area contributed by atoms with Crippen molar-refractivity contribution in [2.75, 3.05) is 0 Å². The van der Waals surface area contributed by atoms with Crippen LogP contribution < -0.4 is 20.9 Å². The second-order valence-corrected chi connectivity index (χ2v) is 5.87. The first-order valence-electron chi connectivity index (χ1n) is 7.63. The summed E-state index contributed by atoms with van der Waals surface area (Å²) in [6.07, 6.45) is 4.53. The highest BCUT2D eigenvalue weighted by Gasteiger charge is 2.10. The summed E-state index contributed by atoms with van der Waals surface area (Å²) in [6, 6.07) is 26.1. The monoisotopic (exact) mass is 278 g/mol. The largest absolute Gasteiger partial charge is 0.0616 e. The molecule has 0 bridgehead atoms. The minimum Gasteiger partial charge on any atom is -0.0616 e. The van der Waals surface area contributed by atoms with Crippen LogP contribution in [-0.4, -0.2) is 0 Å². The fourth-order valence-corrected chi connectivity index (χ4v) is 3.35. The van der Waals surface area contributed by atoms with E-state index in [-0.39, 0.29) is 0 Å². The predicted molar refractivity (Wildman–Crippen MR) is 91.8 cm³/mol. The van der Waals surface area contributed by atoms with Crippen LogP contribution in [-0.2, 0) is 0 Å². The van der Waals surface area contributed by atoms with E-state index in [2.05, 4.69) is 84.9 Å². The second-order valence-electron chi connectivity index (χ2n) is 5.87. The Morgan fingerprint density at radius 3 is 1.23 bits per heavy atom. The number of hydrogen-bond acceptors (Lipinski definition) is 0. The molecule has 0 saturated carbocycles. The maximum atomic E-state index is 2.27. The molecule has 0 aliphatic heterocycles. The molecular formula is C22H14. The molecule has 0 unspecified atom stereocenters. The van der Waals surface area contributed by atoms with Crippen molar-refractivity contribution in [3.05, 3.63) is 105 Å². The van der Waals surface area contributed by atoms with E-state index in [0.29, 0.717) is 0 Å². The van der Waals surface area contributed by atoms with Gasteiger partial charge in [-0.2, -0.15) is 0 Å². The van der Waals surface area contributed by atoms with E-state index in [9.17, 15) is 0 Å². The van der Waals surface area contributed by atoms with Crippen molar-refractivity contribution in [3.63, 3.8) is 0 Å². The van der Waals surface area contributed by atoms with Crippen molar-refractivity contribution in [3.8, 4) is 0 Å². The molecule has 0 N–H and O–H groups in total. The van der Waals surface area contributed by atoms with Gasteiger partial charge in [0.15, 0.2) is 0 Å². The number of rotatable bonds is 2. The Balaban J connectivity index is 1.58. The summed E-state index contributed by atoms with van der Waals surface area (Å²) in [6.45, 7) is 0. The Kier molecular flexibility index (Phi) is 2.31. The smallest absolute Gasteiger partial charge is 0.00992 e. The molecule has 0 amide bonds. The third-order valence-corrected chi connectivity index (χ3v) is 4.61. The summed E-state index contributed by atoms with van der Waals surface area (Å²) in [7, 11) is 0. The zero-order valence-corrected chi connectivity index (χ0v) is 12.1. The van der Waals surface area contributed by atoms with Crippen LogP contribution in [0, 0.1) is 0 Å². The van der Waals surface area contributed by atoms with E-state index < -0.39 is 0 Å². The highest BCUT2D eigenvalue weighted by Crippen LogP contribution is 2.20. The average molecular weight is 278 g/mol. The molecule has 0 aromatic heterocycles. The second kappa shape index (κ2) is 4.32. The molecule has 0 fully saturated rings. The maximum Gasteiger partial charge on any atom is -0.00992 e. The minimum absolute atomic E-state index is 1.30. The summed E-state index contributed by atoms with van der Waals surface area (Å²) in [5, 5.41) is 5.42. The molecule has 0 saturated heterocycles. The fraction of sp³-hybridized carbons (Fsp3) is 0. The van der Waals surface area contributed by atoms with Gasteiger partial charge in [-0.3, -0.25) is 0 Å². The topological polar surface area (TPSA) is 0 Å². The van der Waals surface area contributed by atoms with Gasteiger partial charge in [-0.25, -0.2) is 0 Å². The zero-order valence-electron chi connectivity index (χ0n) is 12.1. The highest BCUT2D eigenvalue weighted by atomic mass is 14.1. The molecule has 3 aromatic rings. The maximum absolute atomic E-state index is 2.27. The first-order valence-corrected chi connectivity index (χ1v) is 7.63. The summed E-state index contributed by atoms with van der Waals surface area (Å²) in [4.78, 5) is 0. The Labute approximate surface area is 128 Å².